The predicted molar refractivity (Wildman–Crippen MR) is 64.5 cm³/mol. The number of hydrogen-bond donors (Lipinski definition) is 1. The molecule has 82 valence electrons. The summed E-state index contributed by atoms with van der Waals surface area (Å²) in [5.41, 5.74) is 3.70. The van der Waals surface area contributed by atoms with E-state index in [4.69, 9.17) is 0 Å². The van der Waals surface area contributed by atoms with E-state index >= 15 is 0 Å². The number of imidazole rings is 1. The van der Waals surface area contributed by atoms with Gasteiger partial charge in [0.15, 0.2) is 4.96 Å². The van der Waals surface area contributed by atoms with Crippen LogP contribution in [0.1, 0.15) is 30.9 Å². The fourth-order valence-electron chi connectivity index (χ4n) is 1.68. The summed E-state index contributed by atoms with van der Waals surface area (Å²) in [5.74, 6) is 0. The third-order valence-electron chi connectivity index (χ3n) is 2.51. The molecule has 0 aromatic carbocycles. The van der Waals surface area contributed by atoms with Gasteiger partial charge in [-0.05, 0) is 13.8 Å². The molecule has 0 fully saturated rings. The topological polar surface area (TPSA) is 29.3 Å². The zero-order chi connectivity index (χ0) is 11.0. The van der Waals surface area contributed by atoms with E-state index in [9.17, 15) is 0 Å². The highest BCUT2D eigenvalue weighted by molar-refractivity contribution is 7.15. The van der Waals surface area contributed by atoms with E-state index < -0.39 is 0 Å². The molecule has 0 bridgehead atoms. The molecule has 2 rings (SSSR count). The van der Waals surface area contributed by atoms with Crippen molar-refractivity contribution in [3.8, 4) is 0 Å². The van der Waals surface area contributed by atoms with Gasteiger partial charge in [0.1, 0.15) is 0 Å². The van der Waals surface area contributed by atoms with Gasteiger partial charge in [0.2, 0.25) is 0 Å². The number of nitrogens with one attached hydrogen (secondary N) is 1. The third kappa shape index (κ3) is 1.92. The van der Waals surface area contributed by atoms with Gasteiger partial charge in [0.25, 0.3) is 0 Å². The van der Waals surface area contributed by atoms with Gasteiger partial charge in [0.05, 0.1) is 11.4 Å². The largest absolute Gasteiger partial charge is 0.309 e. The van der Waals surface area contributed by atoms with E-state index in [1.165, 1.54) is 11.4 Å². The first-order chi connectivity index (χ1) is 7.09. The van der Waals surface area contributed by atoms with E-state index in [-0.39, 0.29) is 0 Å². The lowest BCUT2D eigenvalue weighted by Crippen LogP contribution is -2.23. The van der Waals surface area contributed by atoms with Gasteiger partial charge in [-0.15, -0.1) is 11.3 Å². The van der Waals surface area contributed by atoms with Crippen LogP contribution in [0, 0.1) is 13.8 Å². The quantitative estimate of drug-likeness (QED) is 0.866. The second-order valence-corrected chi connectivity index (χ2v) is 5.01. The van der Waals surface area contributed by atoms with Crippen LogP contribution in [0.15, 0.2) is 5.38 Å². The van der Waals surface area contributed by atoms with Crippen LogP contribution in [-0.2, 0) is 6.54 Å². The van der Waals surface area contributed by atoms with Gasteiger partial charge in [-0.25, -0.2) is 4.98 Å². The average molecular weight is 223 g/mol. The monoisotopic (exact) mass is 223 g/mol. The van der Waals surface area contributed by atoms with E-state index in [1.807, 2.05) is 0 Å². The Balaban J connectivity index is 2.39. The lowest BCUT2D eigenvalue weighted by molar-refractivity contribution is 0.577. The van der Waals surface area contributed by atoms with E-state index in [0.717, 1.165) is 17.2 Å². The highest BCUT2D eigenvalue weighted by Gasteiger charge is 2.11. The van der Waals surface area contributed by atoms with Gasteiger partial charge >= 0.3 is 0 Å². The van der Waals surface area contributed by atoms with Crippen LogP contribution in [0.4, 0.5) is 0 Å². The summed E-state index contributed by atoms with van der Waals surface area (Å²) >= 11 is 1.71. The number of aromatic nitrogens is 2. The molecule has 4 heteroatoms. The first-order valence-electron chi connectivity index (χ1n) is 5.25. The maximum Gasteiger partial charge on any atom is 0.194 e. The summed E-state index contributed by atoms with van der Waals surface area (Å²) in [6.07, 6.45) is 0. The van der Waals surface area contributed by atoms with Gasteiger partial charge in [0, 0.05) is 23.7 Å². The Labute approximate surface area is 94.1 Å². The van der Waals surface area contributed by atoms with Crippen LogP contribution in [0.5, 0.6) is 0 Å². The molecule has 0 unspecified atom stereocenters. The highest BCUT2D eigenvalue weighted by Crippen LogP contribution is 2.20. The van der Waals surface area contributed by atoms with Crippen LogP contribution in [0.2, 0.25) is 0 Å². The molecule has 0 aliphatic carbocycles. The van der Waals surface area contributed by atoms with Crippen molar-refractivity contribution in [1.82, 2.24) is 14.7 Å². The summed E-state index contributed by atoms with van der Waals surface area (Å²) in [6, 6.07) is 0.508. The zero-order valence-corrected chi connectivity index (χ0v) is 10.5. The van der Waals surface area contributed by atoms with Crippen LogP contribution in [-0.4, -0.2) is 15.4 Å². The molecule has 0 saturated carbocycles. The van der Waals surface area contributed by atoms with Crippen molar-refractivity contribution in [2.24, 2.45) is 0 Å². The standard InChI is InChI=1S/C11H17N3S/c1-7(2)12-5-10-9(4)13-11-14(10)8(3)6-15-11/h6-7,12H,5H2,1-4H3. The number of nitrogens with zero attached hydrogens (tertiary/aromatic N) is 2. The molecule has 0 aliphatic rings. The van der Waals surface area contributed by atoms with Crippen LogP contribution >= 0.6 is 11.3 Å². The molecule has 0 aliphatic heterocycles. The maximum absolute atomic E-state index is 4.55. The van der Waals surface area contributed by atoms with Gasteiger partial charge in [-0.1, -0.05) is 13.8 Å². The van der Waals surface area contributed by atoms with Crippen molar-refractivity contribution in [2.45, 2.75) is 40.3 Å². The zero-order valence-electron chi connectivity index (χ0n) is 9.66. The summed E-state index contributed by atoms with van der Waals surface area (Å²) in [7, 11) is 0. The third-order valence-corrected chi connectivity index (χ3v) is 3.45. The van der Waals surface area contributed by atoms with Crippen LogP contribution in [0.3, 0.4) is 0 Å². The Hall–Kier alpha value is -0.870. The number of fused-ring (bicyclic) bond motifs is 1. The Morgan fingerprint density at radius 2 is 2.20 bits per heavy atom. The van der Waals surface area contributed by atoms with Crippen LogP contribution in [0.25, 0.3) is 4.96 Å². The fourth-order valence-corrected chi connectivity index (χ4v) is 2.61. The van der Waals surface area contributed by atoms with Gasteiger partial charge in [-0.3, -0.25) is 4.40 Å². The average Bonchev–Trinajstić information content (AvgIpc) is 2.64. The number of hydrogen-bond acceptors (Lipinski definition) is 3. The minimum Gasteiger partial charge on any atom is -0.309 e. The Bertz CT molecular complexity index is 467. The molecule has 0 radical (unpaired) electrons. The predicted octanol–water partition coefficient (Wildman–Crippen LogP) is 2.51. The number of thiazole rings is 1. The molecule has 0 saturated heterocycles. The number of aryl methyl sites for hydroxylation is 2. The molecule has 15 heavy (non-hydrogen) atoms. The van der Waals surface area contributed by atoms with Gasteiger partial charge < -0.3 is 5.32 Å². The molecule has 0 atom stereocenters. The lowest BCUT2D eigenvalue weighted by atomic mass is 10.3. The van der Waals surface area contributed by atoms with E-state index in [2.05, 4.69) is 47.8 Å². The Kier molecular flexibility index (Phi) is 2.80. The van der Waals surface area contributed by atoms with E-state index in [1.54, 1.807) is 11.3 Å². The van der Waals surface area contributed by atoms with Gasteiger partial charge in [-0.2, -0.15) is 0 Å². The SMILES string of the molecule is Cc1nc2scc(C)n2c1CNC(C)C. The second kappa shape index (κ2) is 3.94. The summed E-state index contributed by atoms with van der Waals surface area (Å²) in [5, 5.41) is 5.60. The minimum absolute atomic E-state index is 0.508. The molecular formula is C11H17N3S. The minimum atomic E-state index is 0.508. The smallest absolute Gasteiger partial charge is 0.194 e. The maximum atomic E-state index is 4.55. The first kappa shape index (κ1) is 10.6. The Morgan fingerprint density at radius 3 is 2.87 bits per heavy atom. The van der Waals surface area contributed by atoms with Crippen molar-refractivity contribution in [3.05, 3.63) is 22.5 Å². The molecular weight excluding hydrogens is 206 g/mol. The molecule has 2 aromatic rings. The fraction of sp³-hybridized carbons (Fsp3) is 0.545. The van der Waals surface area contributed by atoms with Crippen molar-refractivity contribution in [1.29, 1.82) is 0 Å². The lowest BCUT2D eigenvalue weighted by Gasteiger charge is -2.08. The molecule has 1 N–H and O–H groups in total. The molecule has 2 heterocycles. The van der Waals surface area contributed by atoms with Crippen LogP contribution < -0.4 is 5.32 Å². The molecule has 0 spiro atoms. The number of rotatable bonds is 3. The van der Waals surface area contributed by atoms with Crippen molar-refractivity contribution in [2.75, 3.05) is 0 Å². The molecule has 2 aromatic heterocycles. The summed E-state index contributed by atoms with van der Waals surface area (Å²) < 4.78 is 2.25. The highest BCUT2D eigenvalue weighted by atomic mass is 32.1. The summed E-state index contributed by atoms with van der Waals surface area (Å²) in [6.45, 7) is 9.42. The first-order valence-corrected chi connectivity index (χ1v) is 6.13. The normalized spacial score (nSPS) is 11.8. The van der Waals surface area contributed by atoms with Crippen molar-refractivity contribution >= 4 is 16.3 Å². The Morgan fingerprint density at radius 1 is 1.47 bits per heavy atom. The van der Waals surface area contributed by atoms with Crippen molar-refractivity contribution in [3.63, 3.8) is 0 Å². The second-order valence-electron chi connectivity index (χ2n) is 4.17. The van der Waals surface area contributed by atoms with Crippen molar-refractivity contribution < 1.29 is 0 Å². The molecule has 0 amide bonds. The summed E-state index contributed by atoms with van der Waals surface area (Å²) in [4.78, 5) is 5.66. The van der Waals surface area contributed by atoms with E-state index in [0.29, 0.717) is 6.04 Å². The molecule has 3 nitrogen and oxygen atoms in total.